The first-order valence-electron chi connectivity index (χ1n) is 5.48. The van der Waals surface area contributed by atoms with Crippen LogP contribution in [0.15, 0.2) is 0 Å². The third-order valence-corrected chi connectivity index (χ3v) is 6.06. The Hall–Kier alpha value is 0.220. The zero-order chi connectivity index (χ0) is 10.7. The van der Waals surface area contributed by atoms with Gasteiger partial charge in [-0.2, -0.15) is 11.8 Å². The zero-order valence-corrected chi connectivity index (χ0v) is 10.4. The summed E-state index contributed by atoms with van der Waals surface area (Å²) in [6.45, 7) is 1.56. The second-order valence-electron chi connectivity index (χ2n) is 4.19. The number of nitrogens with one attached hydrogen (secondary N) is 2. The van der Waals surface area contributed by atoms with Gasteiger partial charge in [-0.25, -0.2) is 13.1 Å². The van der Waals surface area contributed by atoms with E-state index < -0.39 is 10.0 Å². The monoisotopic (exact) mass is 250 g/mol. The molecular formula is C9H18N2O2S2. The summed E-state index contributed by atoms with van der Waals surface area (Å²) in [6, 6.07) is 0.168. The topological polar surface area (TPSA) is 58.2 Å². The molecule has 0 bridgehead atoms. The first-order valence-corrected chi connectivity index (χ1v) is 8.18. The van der Waals surface area contributed by atoms with Crippen LogP contribution in [0.3, 0.4) is 0 Å². The molecule has 2 aliphatic rings. The van der Waals surface area contributed by atoms with Crippen LogP contribution in [0.2, 0.25) is 0 Å². The predicted octanol–water partition coefficient (Wildman–Crippen LogP) is 0.163. The van der Waals surface area contributed by atoms with E-state index in [9.17, 15) is 8.42 Å². The normalized spacial score (nSPS) is 33.1. The second-order valence-corrected chi connectivity index (χ2v) is 7.33. The molecule has 2 saturated heterocycles. The van der Waals surface area contributed by atoms with E-state index in [1.165, 1.54) is 0 Å². The first-order chi connectivity index (χ1) is 7.18. The van der Waals surface area contributed by atoms with Crippen molar-refractivity contribution in [2.45, 2.75) is 30.6 Å². The molecule has 15 heavy (non-hydrogen) atoms. The smallest absolute Gasteiger partial charge is 0.216 e. The largest absolute Gasteiger partial charge is 0.315 e. The van der Waals surface area contributed by atoms with E-state index in [1.807, 2.05) is 11.8 Å². The highest BCUT2D eigenvalue weighted by atomic mass is 32.2. The van der Waals surface area contributed by atoms with Gasteiger partial charge in [0.25, 0.3) is 0 Å². The van der Waals surface area contributed by atoms with Gasteiger partial charge in [0.15, 0.2) is 0 Å². The minimum atomic E-state index is -3.09. The molecule has 0 amide bonds. The lowest BCUT2D eigenvalue weighted by Gasteiger charge is -2.24. The summed E-state index contributed by atoms with van der Waals surface area (Å²) in [5.74, 6) is 2.01. The summed E-state index contributed by atoms with van der Waals surface area (Å²) < 4.78 is 26.8. The summed E-state index contributed by atoms with van der Waals surface area (Å²) in [5, 5.41) is 2.92. The lowest BCUT2D eigenvalue weighted by Crippen LogP contribution is -2.47. The Kier molecular flexibility index (Phi) is 3.93. The molecular weight excluding hydrogens is 232 g/mol. The van der Waals surface area contributed by atoms with Crippen molar-refractivity contribution in [3.8, 4) is 0 Å². The molecule has 2 fully saturated rings. The minimum Gasteiger partial charge on any atom is -0.315 e. The van der Waals surface area contributed by atoms with Gasteiger partial charge in [-0.15, -0.1) is 0 Å². The second kappa shape index (κ2) is 5.03. The van der Waals surface area contributed by atoms with Crippen LogP contribution < -0.4 is 10.0 Å². The zero-order valence-electron chi connectivity index (χ0n) is 8.74. The third kappa shape index (κ3) is 3.09. The van der Waals surface area contributed by atoms with Crippen LogP contribution in [0.1, 0.15) is 19.3 Å². The van der Waals surface area contributed by atoms with Crippen LogP contribution in [-0.2, 0) is 10.0 Å². The van der Waals surface area contributed by atoms with Crippen LogP contribution in [0, 0.1) is 0 Å². The van der Waals surface area contributed by atoms with Gasteiger partial charge in [-0.1, -0.05) is 0 Å². The standard InChI is InChI=1S/C9H18N2O2S2/c12-15(13,9-2-1-4-10-6-9)11-8-3-5-14-7-8/h8-11H,1-7H2. The van der Waals surface area contributed by atoms with Crippen molar-refractivity contribution >= 4 is 21.8 Å². The maximum atomic E-state index is 12.0. The number of thioether (sulfide) groups is 1. The van der Waals surface area contributed by atoms with Crippen LogP contribution >= 0.6 is 11.8 Å². The van der Waals surface area contributed by atoms with Crippen LogP contribution in [0.25, 0.3) is 0 Å². The summed E-state index contributed by atoms with van der Waals surface area (Å²) in [6.07, 6.45) is 2.73. The predicted molar refractivity (Wildman–Crippen MR) is 63.7 cm³/mol. The average Bonchev–Trinajstić information content (AvgIpc) is 2.71. The fourth-order valence-electron chi connectivity index (χ4n) is 2.04. The highest BCUT2D eigenvalue weighted by Gasteiger charge is 2.30. The summed E-state index contributed by atoms with van der Waals surface area (Å²) in [4.78, 5) is 0. The van der Waals surface area contributed by atoms with Crippen LogP contribution in [0.5, 0.6) is 0 Å². The van der Waals surface area contributed by atoms with Gasteiger partial charge in [-0.05, 0) is 31.6 Å². The molecule has 2 unspecified atom stereocenters. The van der Waals surface area contributed by atoms with E-state index in [-0.39, 0.29) is 11.3 Å². The molecule has 0 aromatic heterocycles. The maximum absolute atomic E-state index is 12.0. The van der Waals surface area contributed by atoms with E-state index in [0.717, 1.165) is 37.3 Å². The van der Waals surface area contributed by atoms with Crippen molar-refractivity contribution in [3.05, 3.63) is 0 Å². The molecule has 2 atom stereocenters. The lowest BCUT2D eigenvalue weighted by atomic mass is 10.2. The molecule has 6 heteroatoms. The van der Waals surface area contributed by atoms with E-state index in [0.29, 0.717) is 6.54 Å². The summed E-state index contributed by atoms with van der Waals surface area (Å²) in [5.41, 5.74) is 0. The molecule has 2 aliphatic heterocycles. The van der Waals surface area contributed by atoms with E-state index in [1.54, 1.807) is 0 Å². The molecule has 2 heterocycles. The first kappa shape index (κ1) is 11.7. The molecule has 0 aromatic carbocycles. The van der Waals surface area contributed by atoms with Gasteiger partial charge >= 0.3 is 0 Å². The lowest BCUT2D eigenvalue weighted by molar-refractivity contribution is 0.484. The van der Waals surface area contributed by atoms with E-state index in [4.69, 9.17) is 0 Å². The van der Waals surface area contributed by atoms with Gasteiger partial charge in [0, 0.05) is 18.3 Å². The number of rotatable bonds is 3. The molecule has 0 aromatic rings. The SMILES string of the molecule is O=S(=O)(NC1CCSC1)C1CCCNC1. The highest BCUT2D eigenvalue weighted by Crippen LogP contribution is 2.19. The average molecular weight is 250 g/mol. The number of hydrogen-bond donors (Lipinski definition) is 2. The Morgan fingerprint density at radius 1 is 1.33 bits per heavy atom. The fourth-order valence-corrected chi connectivity index (χ4v) is 4.97. The van der Waals surface area contributed by atoms with Crippen LogP contribution in [-0.4, -0.2) is 44.3 Å². The Bertz CT molecular complexity index is 293. The van der Waals surface area contributed by atoms with Crippen molar-refractivity contribution in [2.75, 3.05) is 24.6 Å². The number of hydrogen-bond acceptors (Lipinski definition) is 4. The minimum absolute atomic E-state index is 0.168. The van der Waals surface area contributed by atoms with Gasteiger partial charge in [0.05, 0.1) is 5.25 Å². The molecule has 2 rings (SSSR count). The van der Waals surface area contributed by atoms with Gasteiger partial charge in [0.1, 0.15) is 0 Å². The summed E-state index contributed by atoms with van der Waals surface area (Å²) >= 11 is 1.83. The Balaban J connectivity index is 1.92. The van der Waals surface area contributed by atoms with Crippen molar-refractivity contribution < 1.29 is 8.42 Å². The molecule has 4 nitrogen and oxygen atoms in total. The Morgan fingerprint density at radius 3 is 2.80 bits per heavy atom. The third-order valence-electron chi connectivity index (χ3n) is 2.95. The highest BCUT2D eigenvalue weighted by molar-refractivity contribution is 7.99. The van der Waals surface area contributed by atoms with E-state index in [2.05, 4.69) is 10.0 Å². The van der Waals surface area contributed by atoms with Gasteiger partial charge in [-0.3, -0.25) is 0 Å². The molecule has 88 valence electrons. The Morgan fingerprint density at radius 2 is 2.20 bits per heavy atom. The number of sulfonamides is 1. The molecule has 0 radical (unpaired) electrons. The fraction of sp³-hybridized carbons (Fsp3) is 1.00. The van der Waals surface area contributed by atoms with Crippen molar-refractivity contribution in [3.63, 3.8) is 0 Å². The van der Waals surface area contributed by atoms with Crippen molar-refractivity contribution in [1.82, 2.24) is 10.0 Å². The van der Waals surface area contributed by atoms with Gasteiger partial charge in [0.2, 0.25) is 10.0 Å². The van der Waals surface area contributed by atoms with Crippen molar-refractivity contribution in [2.24, 2.45) is 0 Å². The summed E-state index contributed by atoms with van der Waals surface area (Å²) in [7, 11) is -3.09. The molecule has 0 spiro atoms. The molecule has 0 saturated carbocycles. The quantitative estimate of drug-likeness (QED) is 0.749. The van der Waals surface area contributed by atoms with Gasteiger partial charge < -0.3 is 5.32 Å². The number of piperidine rings is 1. The van der Waals surface area contributed by atoms with Crippen molar-refractivity contribution in [1.29, 1.82) is 0 Å². The molecule has 2 N–H and O–H groups in total. The van der Waals surface area contributed by atoms with Crippen LogP contribution in [0.4, 0.5) is 0 Å². The van der Waals surface area contributed by atoms with E-state index >= 15 is 0 Å². The Labute approximate surface area is 95.6 Å². The molecule has 0 aliphatic carbocycles. The maximum Gasteiger partial charge on any atom is 0.216 e.